The molecular weight excluding hydrogens is 146 g/mol. The Morgan fingerprint density at radius 3 is 2.82 bits per heavy atom. The lowest BCUT2D eigenvalue weighted by atomic mass is 10.2. The molecule has 0 aromatic carbocycles. The minimum atomic E-state index is -0.568. The van der Waals surface area contributed by atoms with Crippen LogP contribution < -0.4 is 5.56 Å². The van der Waals surface area contributed by atoms with E-state index in [-0.39, 0.29) is 5.56 Å². The first-order chi connectivity index (χ1) is 5.29. The molecular formula is C6H3N3O2. The van der Waals surface area contributed by atoms with E-state index in [4.69, 9.17) is 0 Å². The van der Waals surface area contributed by atoms with Crippen molar-refractivity contribution in [2.75, 3.05) is 0 Å². The Labute approximate surface area is 60.8 Å². The Bertz CT molecular complexity index is 405. The van der Waals surface area contributed by atoms with Crippen molar-refractivity contribution in [3.8, 4) is 0 Å². The predicted molar refractivity (Wildman–Crippen MR) is 35.9 cm³/mol. The van der Waals surface area contributed by atoms with Gasteiger partial charge in [-0.1, -0.05) is 0 Å². The molecule has 1 aliphatic rings. The van der Waals surface area contributed by atoms with E-state index in [9.17, 15) is 9.59 Å². The molecule has 0 aliphatic carbocycles. The van der Waals surface area contributed by atoms with Gasteiger partial charge in [-0.3, -0.25) is 9.59 Å². The number of hydrogen-bond acceptors (Lipinski definition) is 3. The van der Waals surface area contributed by atoms with Crippen molar-refractivity contribution in [2.45, 2.75) is 0 Å². The fraction of sp³-hybridized carbons (Fsp3) is 0. The number of H-pyrrole nitrogens is 1. The van der Waals surface area contributed by atoms with E-state index < -0.39 is 11.5 Å². The number of carbonyl (C=O) groups is 1. The third-order valence-electron chi connectivity index (χ3n) is 1.40. The van der Waals surface area contributed by atoms with Crippen LogP contribution in [0.15, 0.2) is 27.3 Å². The second-order valence-corrected chi connectivity index (χ2v) is 2.07. The van der Waals surface area contributed by atoms with E-state index in [1.807, 2.05) is 0 Å². The van der Waals surface area contributed by atoms with Crippen molar-refractivity contribution in [3.63, 3.8) is 0 Å². The number of fused-ring (bicyclic) bond motifs is 1. The lowest BCUT2D eigenvalue weighted by molar-refractivity contribution is 0.100. The molecule has 1 aromatic rings. The zero-order chi connectivity index (χ0) is 7.84. The van der Waals surface area contributed by atoms with E-state index >= 15 is 0 Å². The van der Waals surface area contributed by atoms with Gasteiger partial charge in [-0.05, 0) is 6.07 Å². The zero-order valence-electron chi connectivity index (χ0n) is 5.37. The molecule has 0 unspecified atom stereocenters. The van der Waals surface area contributed by atoms with Gasteiger partial charge < -0.3 is 4.98 Å². The predicted octanol–water partition coefficient (Wildman–Crippen LogP) is 0.612. The highest BCUT2D eigenvalue weighted by molar-refractivity contribution is 6.01. The average molecular weight is 149 g/mol. The standard InChI is InChI=1S/C6H3N3O2/c10-5-4-3(1-2-7-5)8-9-6(4)11/h1-2H,(H,7,10). The van der Waals surface area contributed by atoms with E-state index in [1.54, 1.807) is 0 Å². The van der Waals surface area contributed by atoms with Crippen LogP contribution in [0, 0.1) is 0 Å². The summed E-state index contributed by atoms with van der Waals surface area (Å²) < 4.78 is 0. The largest absolute Gasteiger partial charge is 0.328 e. The second kappa shape index (κ2) is 1.85. The van der Waals surface area contributed by atoms with Gasteiger partial charge in [-0.25, -0.2) is 0 Å². The van der Waals surface area contributed by atoms with E-state index in [2.05, 4.69) is 15.2 Å². The van der Waals surface area contributed by atoms with Crippen LogP contribution in [-0.2, 0) is 0 Å². The van der Waals surface area contributed by atoms with Crippen LogP contribution in [0.1, 0.15) is 10.4 Å². The SMILES string of the molecule is O=C1N=Nc2cc[nH]c(=O)c21. The molecule has 5 nitrogen and oxygen atoms in total. The zero-order valence-corrected chi connectivity index (χ0v) is 5.37. The highest BCUT2D eigenvalue weighted by atomic mass is 16.2. The van der Waals surface area contributed by atoms with Crippen molar-refractivity contribution >= 4 is 11.6 Å². The summed E-state index contributed by atoms with van der Waals surface area (Å²) in [6, 6.07) is 1.53. The maximum Gasteiger partial charge on any atom is 0.303 e. The quantitative estimate of drug-likeness (QED) is 0.586. The van der Waals surface area contributed by atoms with Gasteiger partial charge in [-0.15, -0.1) is 10.2 Å². The summed E-state index contributed by atoms with van der Waals surface area (Å²) >= 11 is 0. The molecule has 1 N–H and O–H groups in total. The normalized spacial score (nSPS) is 13.6. The first kappa shape index (κ1) is 5.96. The Hall–Kier alpha value is -1.78. The average Bonchev–Trinajstić information content (AvgIpc) is 2.34. The molecule has 11 heavy (non-hydrogen) atoms. The number of nitrogens with one attached hydrogen (secondary N) is 1. The van der Waals surface area contributed by atoms with Crippen LogP contribution in [0.2, 0.25) is 0 Å². The molecule has 0 radical (unpaired) electrons. The molecule has 0 fully saturated rings. The molecule has 0 atom stereocenters. The van der Waals surface area contributed by atoms with Gasteiger partial charge in [0.15, 0.2) is 0 Å². The first-order valence-electron chi connectivity index (χ1n) is 2.97. The van der Waals surface area contributed by atoms with E-state index in [0.717, 1.165) is 0 Å². The third kappa shape index (κ3) is 0.706. The van der Waals surface area contributed by atoms with Crippen molar-refractivity contribution < 1.29 is 4.79 Å². The van der Waals surface area contributed by atoms with Gasteiger partial charge in [0, 0.05) is 6.20 Å². The number of nitrogens with zero attached hydrogens (tertiary/aromatic N) is 2. The molecule has 1 amide bonds. The highest BCUT2D eigenvalue weighted by Crippen LogP contribution is 2.21. The van der Waals surface area contributed by atoms with Gasteiger partial charge in [-0.2, -0.15) is 0 Å². The van der Waals surface area contributed by atoms with Crippen molar-refractivity contribution in [3.05, 3.63) is 28.2 Å². The fourth-order valence-electron chi connectivity index (χ4n) is 0.907. The van der Waals surface area contributed by atoms with Crippen LogP contribution >= 0.6 is 0 Å². The molecule has 1 aliphatic heterocycles. The van der Waals surface area contributed by atoms with Gasteiger partial charge in [0.05, 0.1) is 0 Å². The maximum atomic E-state index is 10.9. The minimum Gasteiger partial charge on any atom is -0.328 e. The highest BCUT2D eigenvalue weighted by Gasteiger charge is 2.20. The summed E-state index contributed by atoms with van der Waals surface area (Å²) in [5, 5.41) is 6.73. The van der Waals surface area contributed by atoms with Gasteiger partial charge in [0.1, 0.15) is 11.3 Å². The van der Waals surface area contributed by atoms with Crippen LogP contribution in [-0.4, -0.2) is 10.9 Å². The Morgan fingerprint density at radius 1 is 1.27 bits per heavy atom. The lowest BCUT2D eigenvalue weighted by Gasteiger charge is -1.87. The number of aromatic nitrogens is 1. The third-order valence-corrected chi connectivity index (χ3v) is 1.40. The number of pyridine rings is 1. The molecule has 0 saturated carbocycles. The number of hydrogen-bond donors (Lipinski definition) is 1. The molecule has 0 saturated heterocycles. The Kier molecular flexibility index (Phi) is 1.00. The summed E-state index contributed by atoms with van der Waals surface area (Å²) in [4.78, 5) is 24.1. The molecule has 2 heterocycles. The van der Waals surface area contributed by atoms with Crippen molar-refractivity contribution in [2.24, 2.45) is 10.2 Å². The second-order valence-electron chi connectivity index (χ2n) is 2.07. The Balaban J connectivity index is 2.85. The summed E-state index contributed by atoms with van der Waals surface area (Å²) in [7, 11) is 0. The fourth-order valence-corrected chi connectivity index (χ4v) is 0.907. The van der Waals surface area contributed by atoms with Crippen LogP contribution in [0.3, 0.4) is 0 Å². The number of carbonyl (C=O) groups excluding carboxylic acids is 1. The number of azo groups is 1. The van der Waals surface area contributed by atoms with Crippen molar-refractivity contribution in [1.29, 1.82) is 0 Å². The molecule has 54 valence electrons. The van der Waals surface area contributed by atoms with Gasteiger partial charge >= 0.3 is 5.91 Å². The van der Waals surface area contributed by atoms with E-state index in [1.165, 1.54) is 12.3 Å². The van der Waals surface area contributed by atoms with Crippen LogP contribution in [0.25, 0.3) is 0 Å². The van der Waals surface area contributed by atoms with Crippen LogP contribution in [0.5, 0.6) is 0 Å². The summed E-state index contributed by atoms with van der Waals surface area (Å²) in [5.74, 6) is -0.568. The summed E-state index contributed by atoms with van der Waals surface area (Å²) in [6.07, 6.45) is 1.43. The number of aromatic amines is 1. The smallest absolute Gasteiger partial charge is 0.303 e. The minimum absolute atomic E-state index is 0.0347. The van der Waals surface area contributed by atoms with Gasteiger partial charge in [0.2, 0.25) is 0 Å². The summed E-state index contributed by atoms with van der Waals surface area (Å²) in [5.41, 5.74) is -0.0521. The van der Waals surface area contributed by atoms with Gasteiger partial charge in [0.25, 0.3) is 5.56 Å². The first-order valence-corrected chi connectivity index (χ1v) is 2.97. The molecule has 0 spiro atoms. The number of rotatable bonds is 0. The monoisotopic (exact) mass is 149 g/mol. The molecule has 0 bridgehead atoms. The van der Waals surface area contributed by atoms with E-state index in [0.29, 0.717) is 5.69 Å². The van der Waals surface area contributed by atoms with Crippen LogP contribution in [0.4, 0.5) is 5.69 Å². The number of amides is 1. The molecule has 2 rings (SSSR count). The topological polar surface area (TPSA) is 74.7 Å². The Morgan fingerprint density at radius 2 is 2.09 bits per heavy atom. The maximum absolute atomic E-state index is 10.9. The van der Waals surface area contributed by atoms with Crippen molar-refractivity contribution in [1.82, 2.24) is 4.98 Å². The summed E-state index contributed by atoms with van der Waals surface area (Å²) in [6.45, 7) is 0. The molecule has 1 aromatic heterocycles. The lowest BCUT2D eigenvalue weighted by Crippen LogP contribution is -2.13. The molecule has 5 heteroatoms.